The number of carbonyl (C=O) groups is 1. The second-order valence-electron chi connectivity index (χ2n) is 5.17. The van der Waals surface area contributed by atoms with Crippen LogP contribution >= 0.6 is 0 Å². The van der Waals surface area contributed by atoms with Crippen molar-refractivity contribution < 1.29 is 4.79 Å². The molecule has 0 saturated heterocycles. The number of carbonyl (C=O) groups excluding carboxylic acids is 1. The molecule has 1 atom stereocenters. The number of benzene rings is 1. The Morgan fingerprint density at radius 1 is 1.50 bits per heavy atom. The maximum absolute atomic E-state index is 12.0. The number of aromatic nitrogens is 2. The number of amides is 2. The van der Waals surface area contributed by atoms with E-state index in [1.54, 1.807) is 29.1 Å². The number of hydrogen-bond donors (Lipinski definition) is 2. The first-order valence-electron chi connectivity index (χ1n) is 7.03. The van der Waals surface area contributed by atoms with Crippen LogP contribution in [-0.2, 0) is 13.6 Å². The molecule has 6 heteroatoms. The van der Waals surface area contributed by atoms with Gasteiger partial charge >= 0.3 is 6.03 Å². The van der Waals surface area contributed by atoms with E-state index in [4.69, 9.17) is 5.26 Å². The second-order valence-corrected chi connectivity index (χ2v) is 5.17. The van der Waals surface area contributed by atoms with Crippen molar-refractivity contribution in [2.24, 2.45) is 7.05 Å². The third kappa shape index (κ3) is 3.64. The Labute approximate surface area is 129 Å². The standard InChI is InChI=1S/C16H19N5O/c1-11(15-10-19-21(3)12(15)2)20-16(22)18-9-14-6-4-5-13(7-14)8-17/h4-7,10-11H,9H2,1-3H3,(H2,18,20,22). The number of nitrogens with one attached hydrogen (secondary N) is 2. The monoisotopic (exact) mass is 297 g/mol. The second kappa shape index (κ2) is 6.76. The largest absolute Gasteiger partial charge is 0.334 e. The molecular formula is C16H19N5O. The summed E-state index contributed by atoms with van der Waals surface area (Å²) in [7, 11) is 1.87. The molecule has 2 rings (SSSR count). The van der Waals surface area contributed by atoms with Gasteiger partial charge in [0.2, 0.25) is 0 Å². The molecule has 0 bridgehead atoms. The number of nitriles is 1. The van der Waals surface area contributed by atoms with Crippen molar-refractivity contribution in [3.05, 3.63) is 52.8 Å². The van der Waals surface area contributed by atoms with E-state index in [-0.39, 0.29) is 12.1 Å². The van der Waals surface area contributed by atoms with Gasteiger partial charge in [-0.15, -0.1) is 0 Å². The van der Waals surface area contributed by atoms with Gasteiger partial charge in [0.25, 0.3) is 0 Å². The quantitative estimate of drug-likeness (QED) is 0.907. The lowest BCUT2D eigenvalue weighted by Gasteiger charge is -2.14. The van der Waals surface area contributed by atoms with Crippen molar-refractivity contribution in [3.63, 3.8) is 0 Å². The number of nitrogens with zero attached hydrogens (tertiary/aromatic N) is 3. The lowest BCUT2D eigenvalue weighted by molar-refractivity contribution is 0.237. The number of aryl methyl sites for hydroxylation is 1. The third-order valence-electron chi connectivity index (χ3n) is 3.60. The molecule has 0 spiro atoms. The van der Waals surface area contributed by atoms with Gasteiger partial charge < -0.3 is 10.6 Å². The van der Waals surface area contributed by atoms with Gasteiger partial charge in [-0.05, 0) is 31.5 Å². The molecule has 0 saturated carbocycles. The van der Waals surface area contributed by atoms with Crippen LogP contribution in [0.2, 0.25) is 0 Å². The third-order valence-corrected chi connectivity index (χ3v) is 3.60. The molecule has 0 aliphatic rings. The molecule has 0 radical (unpaired) electrons. The van der Waals surface area contributed by atoms with Gasteiger partial charge in [0, 0.05) is 24.8 Å². The zero-order valence-electron chi connectivity index (χ0n) is 12.9. The first-order chi connectivity index (χ1) is 10.5. The molecule has 2 N–H and O–H groups in total. The van der Waals surface area contributed by atoms with Gasteiger partial charge in [0.15, 0.2) is 0 Å². The van der Waals surface area contributed by atoms with Crippen molar-refractivity contribution in [2.75, 3.05) is 0 Å². The Kier molecular flexibility index (Phi) is 4.79. The molecule has 2 aromatic rings. The molecule has 0 aliphatic heterocycles. The predicted molar refractivity (Wildman–Crippen MR) is 82.9 cm³/mol. The van der Waals surface area contributed by atoms with Gasteiger partial charge in [-0.1, -0.05) is 12.1 Å². The summed E-state index contributed by atoms with van der Waals surface area (Å²) in [6, 6.07) is 8.87. The van der Waals surface area contributed by atoms with Crippen molar-refractivity contribution in [1.82, 2.24) is 20.4 Å². The summed E-state index contributed by atoms with van der Waals surface area (Å²) in [5.74, 6) is 0. The Morgan fingerprint density at radius 3 is 2.91 bits per heavy atom. The number of hydrogen-bond acceptors (Lipinski definition) is 3. The van der Waals surface area contributed by atoms with E-state index in [1.807, 2.05) is 27.0 Å². The van der Waals surface area contributed by atoms with Gasteiger partial charge in [-0.3, -0.25) is 4.68 Å². The summed E-state index contributed by atoms with van der Waals surface area (Å²) in [5.41, 5.74) is 3.48. The molecule has 6 nitrogen and oxygen atoms in total. The SMILES string of the molecule is Cc1c(C(C)NC(=O)NCc2cccc(C#N)c2)cnn1C. The van der Waals surface area contributed by atoms with Crippen LogP contribution in [0.4, 0.5) is 4.79 Å². The fourth-order valence-corrected chi connectivity index (χ4v) is 2.20. The molecule has 0 aliphatic carbocycles. The van der Waals surface area contributed by atoms with E-state index in [9.17, 15) is 4.79 Å². The maximum Gasteiger partial charge on any atom is 0.315 e. The van der Waals surface area contributed by atoms with Crippen LogP contribution in [0.5, 0.6) is 0 Å². The minimum Gasteiger partial charge on any atom is -0.334 e. The Hall–Kier alpha value is -2.81. The van der Waals surface area contributed by atoms with Crippen molar-refractivity contribution in [3.8, 4) is 6.07 Å². The van der Waals surface area contributed by atoms with Crippen LogP contribution < -0.4 is 10.6 Å². The normalized spacial score (nSPS) is 11.5. The molecule has 114 valence electrons. The lowest BCUT2D eigenvalue weighted by atomic mass is 10.1. The van der Waals surface area contributed by atoms with Crippen LogP contribution in [0.25, 0.3) is 0 Å². The smallest absolute Gasteiger partial charge is 0.315 e. The van der Waals surface area contributed by atoms with Gasteiger partial charge in [0.1, 0.15) is 0 Å². The first-order valence-corrected chi connectivity index (χ1v) is 7.03. The first kappa shape index (κ1) is 15.6. The predicted octanol–water partition coefficient (Wildman–Crippen LogP) is 2.16. The van der Waals surface area contributed by atoms with Crippen molar-refractivity contribution >= 4 is 6.03 Å². The van der Waals surface area contributed by atoms with Gasteiger partial charge in [-0.25, -0.2) is 4.79 Å². The van der Waals surface area contributed by atoms with Gasteiger partial charge in [0.05, 0.1) is 23.9 Å². The van der Waals surface area contributed by atoms with Crippen LogP contribution in [0.15, 0.2) is 30.5 Å². The Bertz CT molecular complexity index is 714. The van der Waals surface area contributed by atoms with E-state index >= 15 is 0 Å². The zero-order chi connectivity index (χ0) is 16.1. The topological polar surface area (TPSA) is 82.7 Å². The fourth-order valence-electron chi connectivity index (χ4n) is 2.20. The molecule has 1 aromatic carbocycles. The van der Waals surface area contributed by atoms with Gasteiger partial charge in [-0.2, -0.15) is 10.4 Å². The molecule has 1 aromatic heterocycles. The number of urea groups is 1. The minimum atomic E-state index is -0.252. The average molecular weight is 297 g/mol. The highest BCUT2D eigenvalue weighted by molar-refractivity contribution is 5.74. The van der Waals surface area contributed by atoms with E-state index in [2.05, 4.69) is 21.8 Å². The Morgan fingerprint density at radius 2 is 2.27 bits per heavy atom. The Balaban J connectivity index is 1.90. The molecule has 2 amide bonds. The van der Waals surface area contributed by atoms with E-state index in [1.165, 1.54) is 0 Å². The van der Waals surface area contributed by atoms with Crippen LogP contribution in [0.1, 0.15) is 35.3 Å². The molecule has 22 heavy (non-hydrogen) atoms. The van der Waals surface area contributed by atoms with Crippen LogP contribution in [0, 0.1) is 18.3 Å². The summed E-state index contributed by atoms with van der Waals surface area (Å²) >= 11 is 0. The average Bonchev–Trinajstić information content (AvgIpc) is 2.85. The molecule has 1 unspecified atom stereocenters. The molecule has 1 heterocycles. The fraction of sp³-hybridized carbons (Fsp3) is 0.312. The maximum atomic E-state index is 12.0. The number of rotatable bonds is 4. The minimum absolute atomic E-state index is 0.126. The highest BCUT2D eigenvalue weighted by Gasteiger charge is 2.14. The molecular weight excluding hydrogens is 278 g/mol. The summed E-state index contributed by atoms with van der Waals surface area (Å²) in [5, 5.41) is 18.7. The van der Waals surface area contributed by atoms with Crippen LogP contribution in [0.3, 0.4) is 0 Å². The van der Waals surface area contributed by atoms with Crippen LogP contribution in [-0.4, -0.2) is 15.8 Å². The lowest BCUT2D eigenvalue weighted by Crippen LogP contribution is -2.36. The summed E-state index contributed by atoms with van der Waals surface area (Å²) in [4.78, 5) is 12.0. The highest BCUT2D eigenvalue weighted by Crippen LogP contribution is 2.15. The van der Waals surface area contributed by atoms with Crippen molar-refractivity contribution in [2.45, 2.75) is 26.4 Å². The summed E-state index contributed by atoms with van der Waals surface area (Å²) in [6.07, 6.45) is 1.76. The van der Waals surface area contributed by atoms with E-state index in [0.29, 0.717) is 12.1 Å². The van der Waals surface area contributed by atoms with E-state index in [0.717, 1.165) is 16.8 Å². The van der Waals surface area contributed by atoms with E-state index < -0.39 is 0 Å². The molecule has 0 fully saturated rings. The zero-order valence-corrected chi connectivity index (χ0v) is 12.9. The highest BCUT2D eigenvalue weighted by atomic mass is 16.2. The summed E-state index contributed by atoms with van der Waals surface area (Å²) in [6.45, 7) is 4.26. The summed E-state index contributed by atoms with van der Waals surface area (Å²) < 4.78 is 1.78. The van der Waals surface area contributed by atoms with Crippen molar-refractivity contribution in [1.29, 1.82) is 5.26 Å².